The number of carbonyl (C=O) groups excluding carboxylic acids is 1. The Balaban J connectivity index is 2.23. The first kappa shape index (κ1) is 12.1. The van der Waals surface area contributed by atoms with E-state index in [2.05, 4.69) is 0 Å². The Labute approximate surface area is 98.7 Å². The molecule has 0 saturated heterocycles. The van der Waals surface area contributed by atoms with Crippen LogP contribution in [0.5, 0.6) is 0 Å². The highest BCUT2D eigenvalue weighted by Crippen LogP contribution is 2.20. The molecule has 1 rings (SSSR count). The van der Waals surface area contributed by atoms with E-state index in [9.17, 15) is 4.79 Å². The summed E-state index contributed by atoms with van der Waals surface area (Å²) in [6.45, 7) is 1.81. The van der Waals surface area contributed by atoms with Gasteiger partial charge in [-0.25, -0.2) is 4.79 Å². The zero-order chi connectivity index (χ0) is 10.4. The van der Waals surface area contributed by atoms with Crippen LogP contribution < -0.4 is 0 Å². The first-order valence-electron chi connectivity index (χ1n) is 5.20. The van der Waals surface area contributed by atoms with E-state index in [1.165, 1.54) is 12.8 Å². The van der Waals surface area contributed by atoms with Gasteiger partial charge >= 0.3 is 6.16 Å². The van der Waals surface area contributed by atoms with Crippen LogP contribution in [0.1, 0.15) is 45.4 Å². The van der Waals surface area contributed by atoms with Crippen LogP contribution in [0.25, 0.3) is 0 Å². The van der Waals surface area contributed by atoms with Crippen molar-refractivity contribution in [2.24, 2.45) is 0 Å². The molecule has 82 valence electrons. The van der Waals surface area contributed by atoms with Gasteiger partial charge in [-0.15, -0.1) is 0 Å². The predicted octanol–water partition coefficient (Wildman–Crippen LogP) is 3.64. The normalized spacial score (nSPS) is 21.0. The minimum atomic E-state index is -0.515. The summed E-state index contributed by atoms with van der Waals surface area (Å²) in [6.07, 6.45) is 6.40. The van der Waals surface area contributed by atoms with Gasteiger partial charge in [0.25, 0.3) is 0 Å². The first-order valence-corrected chi connectivity index (χ1v) is 6.44. The predicted molar refractivity (Wildman–Crippen MR) is 62.5 cm³/mol. The second-order valence-electron chi connectivity index (χ2n) is 3.64. The molecule has 0 N–H and O–H groups in total. The lowest BCUT2D eigenvalue weighted by molar-refractivity contribution is 0.0182. The molecule has 0 aromatic rings. The van der Waals surface area contributed by atoms with Crippen LogP contribution in [0.3, 0.4) is 0 Å². The average Bonchev–Trinajstić information content (AvgIpc) is 2.31. The minimum Gasteiger partial charge on any atom is -0.431 e. The van der Waals surface area contributed by atoms with Crippen molar-refractivity contribution >= 4 is 28.7 Å². The lowest BCUT2D eigenvalue weighted by Crippen LogP contribution is -2.19. The number of rotatable bonds is 2. The van der Waals surface area contributed by atoms with Crippen molar-refractivity contribution in [3.05, 3.63) is 0 Å². The molecular weight excluding hydrogens is 295 g/mol. The lowest BCUT2D eigenvalue weighted by Gasteiger charge is -2.15. The molecule has 0 heterocycles. The van der Waals surface area contributed by atoms with Crippen LogP contribution >= 0.6 is 22.6 Å². The van der Waals surface area contributed by atoms with Gasteiger partial charge in [-0.1, -0.05) is 12.8 Å². The molecule has 0 aromatic carbocycles. The zero-order valence-corrected chi connectivity index (χ0v) is 10.7. The van der Waals surface area contributed by atoms with Crippen molar-refractivity contribution in [3.63, 3.8) is 0 Å². The number of hydrogen-bond acceptors (Lipinski definition) is 3. The molecule has 1 aliphatic rings. The van der Waals surface area contributed by atoms with Crippen molar-refractivity contribution in [2.75, 3.05) is 0 Å². The molecule has 1 aliphatic carbocycles. The van der Waals surface area contributed by atoms with E-state index in [4.69, 9.17) is 9.47 Å². The molecule has 0 aliphatic heterocycles. The van der Waals surface area contributed by atoms with Gasteiger partial charge < -0.3 is 9.47 Å². The maximum atomic E-state index is 11.2. The van der Waals surface area contributed by atoms with Gasteiger partial charge in [-0.2, -0.15) is 0 Å². The maximum Gasteiger partial charge on any atom is 0.509 e. The largest absolute Gasteiger partial charge is 0.509 e. The molecule has 1 fully saturated rings. The molecule has 0 bridgehead atoms. The summed E-state index contributed by atoms with van der Waals surface area (Å²) in [7, 11) is 0. The van der Waals surface area contributed by atoms with Crippen LogP contribution in [0.4, 0.5) is 4.79 Å². The van der Waals surface area contributed by atoms with E-state index in [1.807, 2.05) is 29.5 Å². The van der Waals surface area contributed by atoms with Gasteiger partial charge in [0.05, 0.1) is 0 Å². The number of carbonyl (C=O) groups is 1. The summed E-state index contributed by atoms with van der Waals surface area (Å²) < 4.78 is 10.0. The topological polar surface area (TPSA) is 35.5 Å². The Hall–Kier alpha value is 0. The van der Waals surface area contributed by atoms with Crippen LogP contribution in [0.2, 0.25) is 0 Å². The fourth-order valence-electron chi connectivity index (χ4n) is 1.66. The summed E-state index contributed by atoms with van der Waals surface area (Å²) >= 11 is 2.04. The fourth-order valence-corrected chi connectivity index (χ4v) is 1.86. The van der Waals surface area contributed by atoms with Gasteiger partial charge in [0.1, 0.15) is 6.10 Å². The van der Waals surface area contributed by atoms with Crippen LogP contribution in [-0.4, -0.2) is 16.4 Å². The van der Waals surface area contributed by atoms with Gasteiger partial charge in [0, 0.05) is 0 Å². The van der Waals surface area contributed by atoms with Crippen molar-refractivity contribution in [3.8, 4) is 0 Å². The molecule has 0 amide bonds. The van der Waals surface area contributed by atoms with Crippen molar-refractivity contribution in [2.45, 2.75) is 55.7 Å². The Morgan fingerprint density at radius 2 is 1.86 bits per heavy atom. The molecule has 3 nitrogen and oxygen atoms in total. The Kier molecular flexibility index (Phi) is 5.59. The highest BCUT2D eigenvalue weighted by molar-refractivity contribution is 14.1. The minimum absolute atomic E-state index is 0.0835. The summed E-state index contributed by atoms with van der Waals surface area (Å²) in [6, 6.07) is 0. The molecule has 1 unspecified atom stereocenters. The van der Waals surface area contributed by atoms with Gasteiger partial charge in [-0.3, -0.25) is 0 Å². The summed E-state index contributed by atoms with van der Waals surface area (Å²) in [4.78, 5) is 11.2. The van der Waals surface area contributed by atoms with Gasteiger partial charge in [0.2, 0.25) is 0 Å². The van der Waals surface area contributed by atoms with E-state index in [0.29, 0.717) is 0 Å². The van der Waals surface area contributed by atoms with Crippen molar-refractivity contribution < 1.29 is 14.3 Å². The van der Waals surface area contributed by atoms with Crippen molar-refractivity contribution in [1.29, 1.82) is 0 Å². The summed E-state index contributed by atoms with van der Waals surface area (Å²) in [5, 5.41) is 0. The Bertz CT molecular complexity index is 174. The third-order valence-corrected chi connectivity index (χ3v) is 2.58. The van der Waals surface area contributed by atoms with E-state index in [-0.39, 0.29) is 10.2 Å². The van der Waals surface area contributed by atoms with Crippen molar-refractivity contribution in [1.82, 2.24) is 0 Å². The Morgan fingerprint density at radius 3 is 2.36 bits per heavy atom. The molecule has 0 aromatic heterocycles. The number of hydrogen-bond donors (Lipinski definition) is 0. The molecule has 1 saturated carbocycles. The summed E-state index contributed by atoms with van der Waals surface area (Å²) in [5.41, 5.74) is 0. The van der Waals surface area contributed by atoms with E-state index >= 15 is 0 Å². The lowest BCUT2D eigenvalue weighted by atomic mass is 10.2. The second kappa shape index (κ2) is 6.48. The average molecular weight is 312 g/mol. The SMILES string of the molecule is CC(I)OC(=O)OC1CCCCCC1. The fraction of sp³-hybridized carbons (Fsp3) is 0.900. The standard InChI is InChI=1S/C10H17IO3/c1-8(11)13-10(12)14-9-6-4-2-3-5-7-9/h8-9H,2-7H2,1H3. The van der Waals surface area contributed by atoms with E-state index < -0.39 is 6.16 Å². The molecule has 0 radical (unpaired) electrons. The maximum absolute atomic E-state index is 11.2. The third kappa shape index (κ3) is 5.02. The molecule has 4 heteroatoms. The Morgan fingerprint density at radius 1 is 1.29 bits per heavy atom. The highest BCUT2D eigenvalue weighted by Gasteiger charge is 2.18. The smallest absolute Gasteiger partial charge is 0.431 e. The number of halogens is 1. The van der Waals surface area contributed by atoms with Gasteiger partial charge in [0.15, 0.2) is 4.11 Å². The van der Waals surface area contributed by atoms with E-state index in [0.717, 1.165) is 25.7 Å². The third-order valence-electron chi connectivity index (χ3n) is 2.32. The molecule has 0 spiro atoms. The molecule has 1 atom stereocenters. The second-order valence-corrected chi connectivity index (χ2v) is 5.40. The van der Waals surface area contributed by atoms with E-state index in [1.54, 1.807) is 0 Å². The zero-order valence-electron chi connectivity index (χ0n) is 8.50. The van der Waals surface area contributed by atoms with Crippen LogP contribution in [-0.2, 0) is 9.47 Å². The highest BCUT2D eigenvalue weighted by atomic mass is 127. The number of ether oxygens (including phenoxy) is 2. The van der Waals surface area contributed by atoms with Crippen LogP contribution in [0, 0.1) is 0 Å². The summed E-state index contributed by atoms with van der Waals surface area (Å²) in [5.74, 6) is 0. The molecule has 14 heavy (non-hydrogen) atoms. The van der Waals surface area contributed by atoms with Gasteiger partial charge in [-0.05, 0) is 55.2 Å². The monoisotopic (exact) mass is 312 g/mol. The quantitative estimate of drug-likeness (QED) is 0.338. The van der Waals surface area contributed by atoms with Crippen LogP contribution in [0.15, 0.2) is 0 Å². The first-order chi connectivity index (χ1) is 6.68. The molecular formula is C10H17IO3. The number of alkyl halides is 1.